The van der Waals surface area contributed by atoms with Crippen molar-refractivity contribution in [2.45, 2.75) is 26.4 Å². The molecule has 0 unspecified atom stereocenters. The highest BCUT2D eigenvalue weighted by molar-refractivity contribution is 4.70. The zero-order chi connectivity index (χ0) is 9.52. The third-order valence-corrected chi connectivity index (χ3v) is 2.05. The highest BCUT2D eigenvalue weighted by atomic mass is 16.5. The molecule has 1 fully saturated rings. The van der Waals surface area contributed by atoms with Gasteiger partial charge < -0.3 is 14.8 Å². The van der Waals surface area contributed by atoms with E-state index in [-0.39, 0.29) is 0 Å². The summed E-state index contributed by atoms with van der Waals surface area (Å²) < 4.78 is 11.0. The quantitative estimate of drug-likeness (QED) is 0.630. The van der Waals surface area contributed by atoms with Crippen molar-refractivity contribution in [3.63, 3.8) is 0 Å². The van der Waals surface area contributed by atoms with Crippen molar-refractivity contribution < 1.29 is 9.47 Å². The largest absolute Gasteiger partial charge is 0.379 e. The summed E-state index contributed by atoms with van der Waals surface area (Å²) in [4.78, 5) is 0. The zero-order valence-corrected chi connectivity index (χ0v) is 8.71. The Bertz CT molecular complexity index is 122. The molecule has 0 radical (unpaired) electrons. The molecular formula is C10H21NO2. The van der Waals surface area contributed by atoms with E-state index in [1.54, 1.807) is 0 Å². The Morgan fingerprint density at radius 2 is 2.23 bits per heavy atom. The van der Waals surface area contributed by atoms with Gasteiger partial charge >= 0.3 is 0 Å². The molecule has 1 rings (SSSR count). The van der Waals surface area contributed by atoms with Crippen LogP contribution in [0.15, 0.2) is 0 Å². The summed E-state index contributed by atoms with van der Waals surface area (Å²) in [6.45, 7) is 8.71. The number of ether oxygens (including phenoxy) is 2. The number of hydrogen-bond donors (Lipinski definition) is 1. The molecule has 13 heavy (non-hydrogen) atoms. The van der Waals surface area contributed by atoms with E-state index in [1.807, 2.05) is 0 Å². The molecule has 0 aromatic rings. The van der Waals surface area contributed by atoms with Gasteiger partial charge in [-0.2, -0.15) is 0 Å². The lowest BCUT2D eigenvalue weighted by molar-refractivity contribution is 0.00696. The van der Waals surface area contributed by atoms with Crippen LogP contribution in [-0.2, 0) is 9.47 Å². The third kappa shape index (κ3) is 5.24. The lowest BCUT2D eigenvalue weighted by Gasteiger charge is -2.11. The van der Waals surface area contributed by atoms with Crippen LogP contribution in [0.4, 0.5) is 0 Å². The van der Waals surface area contributed by atoms with Crippen molar-refractivity contribution in [2.75, 3.05) is 32.9 Å². The molecule has 1 aliphatic heterocycles. The summed E-state index contributed by atoms with van der Waals surface area (Å²) in [6, 6.07) is 0. The minimum Gasteiger partial charge on any atom is -0.379 e. The second-order valence-electron chi connectivity index (χ2n) is 3.95. The molecule has 1 N–H and O–H groups in total. The Labute approximate surface area is 80.8 Å². The molecule has 0 amide bonds. The van der Waals surface area contributed by atoms with Crippen LogP contribution in [0.3, 0.4) is 0 Å². The fourth-order valence-electron chi connectivity index (χ4n) is 1.36. The predicted molar refractivity (Wildman–Crippen MR) is 52.9 cm³/mol. The lowest BCUT2D eigenvalue weighted by atomic mass is 10.2. The predicted octanol–water partition coefficient (Wildman–Crippen LogP) is 1.04. The molecule has 1 atom stereocenters. The highest BCUT2D eigenvalue weighted by Crippen LogP contribution is 2.02. The van der Waals surface area contributed by atoms with Crippen LogP contribution in [0.1, 0.15) is 20.3 Å². The molecule has 1 heterocycles. The van der Waals surface area contributed by atoms with Gasteiger partial charge in [0.25, 0.3) is 0 Å². The summed E-state index contributed by atoms with van der Waals surface area (Å²) in [5.41, 5.74) is 0. The average molecular weight is 187 g/mol. The van der Waals surface area contributed by atoms with Gasteiger partial charge in [0.1, 0.15) is 0 Å². The van der Waals surface area contributed by atoms with E-state index in [0.29, 0.717) is 12.0 Å². The van der Waals surface area contributed by atoms with Crippen molar-refractivity contribution in [1.29, 1.82) is 0 Å². The van der Waals surface area contributed by atoms with Gasteiger partial charge in [0, 0.05) is 13.2 Å². The second-order valence-corrected chi connectivity index (χ2v) is 3.95. The molecule has 3 heteroatoms. The minimum absolute atomic E-state index is 0.419. The van der Waals surface area contributed by atoms with Gasteiger partial charge in [0.15, 0.2) is 0 Å². The van der Waals surface area contributed by atoms with E-state index in [2.05, 4.69) is 19.2 Å². The monoisotopic (exact) mass is 187 g/mol. The fraction of sp³-hybridized carbons (Fsp3) is 1.00. The van der Waals surface area contributed by atoms with Gasteiger partial charge in [-0.25, -0.2) is 0 Å². The van der Waals surface area contributed by atoms with E-state index in [4.69, 9.17) is 9.47 Å². The van der Waals surface area contributed by atoms with Crippen molar-refractivity contribution in [2.24, 2.45) is 5.92 Å². The van der Waals surface area contributed by atoms with Gasteiger partial charge in [-0.05, 0) is 18.9 Å². The average Bonchev–Trinajstić information content (AvgIpc) is 2.55. The zero-order valence-electron chi connectivity index (χ0n) is 8.71. The van der Waals surface area contributed by atoms with Crippen LogP contribution in [0, 0.1) is 5.92 Å². The molecule has 3 nitrogen and oxygen atoms in total. The molecule has 0 bridgehead atoms. The van der Waals surface area contributed by atoms with Gasteiger partial charge in [0.2, 0.25) is 0 Å². The first-order chi connectivity index (χ1) is 6.29. The fourth-order valence-corrected chi connectivity index (χ4v) is 1.36. The summed E-state index contributed by atoms with van der Waals surface area (Å²) >= 11 is 0. The summed E-state index contributed by atoms with van der Waals surface area (Å²) in [5, 5.41) is 3.27. The standard InChI is InChI=1S/C10H21NO2/c1-9(2)8-12-5-6-13-10-3-4-11-7-10/h9-11H,3-8H2,1-2H3/t10-/m1/s1. The number of hydrogen-bond acceptors (Lipinski definition) is 3. The van der Waals surface area contributed by atoms with Gasteiger partial charge in [0.05, 0.1) is 19.3 Å². The van der Waals surface area contributed by atoms with E-state index in [9.17, 15) is 0 Å². The molecule has 1 saturated heterocycles. The maximum atomic E-state index is 5.60. The maximum Gasteiger partial charge on any atom is 0.0712 e. The van der Waals surface area contributed by atoms with Crippen LogP contribution in [0.5, 0.6) is 0 Å². The van der Waals surface area contributed by atoms with E-state index in [1.165, 1.54) is 0 Å². The Morgan fingerprint density at radius 3 is 2.85 bits per heavy atom. The van der Waals surface area contributed by atoms with Crippen LogP contribution in [-0.4, -0.2) is 39.0 Å². The van der Waals surface area contributed by atoms with Crippen molar-refractivity contribution in [1.82, 2.24) is 5.32 Å². The lowest BCUT2D eigenvalue weighted by Crippen LogP contribution is -2.19. The Hall–Kier alpha value is -0.120. The molecule has 0 saturated carbocycles. The molecule has 0 aliphatic carbocycles. The molecule has 0 spiro atoms. The Morgan fingerprint density at radius 1 is 1.38 bits per heavy atom. The van der Waals surface area contributed by atoms with E-state index in [0.717, 1.165) is 39.3 Å². The van der Waals surface area contributed by atoms with E-state index >= 15 is 0 Å². The molecule has 0 aromatic carbocycles. The number of rotatable bonds is 6. The SMILES string of the molecule is CC(C)COCCO[C@@H]1CCNC1. The maximum absolute atomic E-state index is 5.60. The molecular weight excluding hydrogens is 166 g/mol. The second kappa shape index (κ2) is 6.35. The molecule has 1 aliphatic rings. The van der Waals surface area contributed by atoms with Crippen molar-refractivity contribution in [3.8, 4) is 0 Å². The normalized spacial score (nSPS) is 22.8. The van der Waals surface area contributed by atoms with Crippen LogP contribution >= 0.6 is 0 Å². The molecule has 0 aromatic heterocycles. The van der Waals surface area contributed by atoms with Crippen LogP contribution < -0.4 is 5.32 Å². The summed E-state index contributed by atoms with van der Waals surface area (Å²) in [7, 11) is 0. The number of nitrogens with one attached hydrogen (secondary N) is 1. The van der Waals surface area contributed by atoms with Crippen LogP contribution in [0.2, 0.25) is 0 Å². The smallest absolute Gasteiger partial charge is 0.0712 e. The first-order valence-electron chi connectivity index (χ1n) is 5.19. The first-order valence-corrected chi connectivity index (χ1v) is 5.19. The summed E-state index contributed by atoms with van der Waals surface area (Å²) in [5.74, 6) is 0.619. The van der Waals surface area contributed by atoms with Crippen molar-refractivity contribution in [3.05, 3.63) is 0 Å². The summed E-state index contributed by atoms with van der Waals surface area (Å²) in [6.07, 6.45) is 1.56. The van der Waals surface area contributed by atoms with Gasteiger partial charge in [-0.3, -0.25) is 0 Å². The Balaban J connectivity index is 1.83. The Kier molecular flexibility index (Phi) is 5.35. The van der Waals surface area contributed by atoms with Crippen LogP contribution in [0.25, 0.3) is 0 Å². The van der Waals surface area contributed by atoms with Crippen molar-refractivity contribution >= 4 is 0 Å². The van der Waals surface area contributed by atoms with Gasteiger partial charge in [-0.1, -0.05) is 13.8 Å². The highest BCUT2D eigenvalue weighted by Gasteiger charge is 2.13. The first kappa shape index (κ1) is 11.0. The topological polar surface area (TPSA) is 30.5 Å². The minimum atomic E-state index is 0.419. The van der Waals surface area contributed by atoms with E-state index < -0.39 is 0 Å². The van der Waals surface area contributed by atoms with Gasteiger partial charge in [-0.15, -0.1) is 0 Å². The molecule has 78 valence electrons. The third-order valence-electron chi connectivity index (χ3n) is 2.05.